The molecule has 1 aromatic rings. The molecule has 16 heavy (non-hydrogen) atoms. The highest BCUT2D eigenvalue weighted by molar-refractivity contribution is 5.69. The van der Waals surface area contributed by atoms with E-state index in [0.29, 0.717) is 17.2 Å². The van der Waals surface area contributed by atoms with E-state index in [2.05, 4.69) is 21.9 Å². The molecule has 6 nitrogen and oxygen atoms in total. The van der Waals surface area contributed by atoms with E-state index in [9.17, 15) is 0 Å². The predicted molar refractivity (Wildman–Crippen MR) is 66.3 cm³/mol. The van der Waals surface area contributed by atoms with Crippen LogP contribution in [0.15, 0.2) is 17.9 Å². The first-order valence-electron chi connectivity index (χ1n) is 5.09. The summed E-state index contributed by atoms with van der Waals surface area (Å²) >= 11 is 0. The fourth-order valence-electron chi connectivity index (χ4n) is 1.40. The summed E-state index contributed by atoms with van der Waals surface area (Å²) in [6.07, 6.45) is 3.92. The van der Waals surface area contributed by atoms with Gasteiger partial charge in [0.1, 0.15) is 5.69 Å². The van der Waals surface area contributed by atoms with Gasteiger partial charge in [-0.25, -0.2) is 9.98 Å². The van der Waals surface area contributed by atoms with Crippen molar-refractivity contribution < 1.29 is 0 Å². The molecule has 0 radical (unpaired) electrons. The summed E-state index contributed by atoms with van der Waals surface area (Å²) in [6.45, 7) is 5.40. The molecule has 0 fully saturated rings. The molecule has 1 aromatic heterocycles. The number of nitrogens with zero attached hydrogens (tertiary/aromatic N) is 3. The van der Waals surface area contributed by atoms with Crippen molar-refractivity contribution in [1.29, 1.82) is 0 Å². The van der Waals surface area contributed by atoms with Gasteiger partial charge in [0.15, 0.2) is 5.82 Å². The Hall–Kier alpha value is -1.82. The number of hydrogen-bond donors (Lipinski definition) is 3. The summed E-state index contributed by atoms with van der Waals surface area (Å²) < 4.78 is 1.91. The van der Waals surface area contributed by atoms with E-state index < -0.39 is 0 Å². The fraction of sp³-hybridized carbons (Fsp3) is 0.400. The van der Waals surface area contributed by atoms with E-state index in [1.54, 1.807) is 6.33 Å². The van der Waals surface area contributed by atoms with Crippen molar-refractivity contribution in [2.24, 2.45) is 16.5 Å². The molecule has 0 aromatic carbocycles. The fourth-order valence-corrected chi connectivity index (χ4v) is 1.40. The number of aromatic nitrogens is 2. The Morgan fingerprint density at radius 1 is 1.75 bits per heavy atom. The van der Waals surface area contributed by atoms with Crippen LogP contribution in [0.25, 0.3) is 5.70 Å². The van der Waals surface area contributed by atoms with Gasteiger partial charge in [0.25, 0.3) is 0 Å². The maximum Gasteiger partial charge on any atom is 0.163 e. The standard InChI is InChI=1S/C10H18N6/c1-8(12)9-10(14-6-11)16(7-15-9)5-3-4-13-2/h6-7,13H,1,3-5,12H2,2H3,(H2,11,14). The lowest BCUT2D eigenvalue weighted by atomic mass is 10.3. The summed E-state index contributed by atoms with van der Waals surface area (Å²) in [5.41, 5.74) is 11.9. The molecule has 0 atom stereocenters. The Morgan fingerprint density at radius 3 is 3.06 bits per heavy atom. The molecule has 0 saturated carbocycles. The van der Waals surface area contributed by atoms with Gasteiger partial charge in [-0.1, -0.05) is 6.58 Å². The predicted octanol–water partition coefficient (Wildman–Crippen LogP) is 0.0405. The molecule has 1 heterocycles. The highest BCUT2D eigenvalue weighted by atomic mass is 15.1. The van der Waals surface area contributed by atoms with Crippen molar-refractivity contribution in [3.8, 4) is 0 Å². The minimum absolute atomic E-state index is 0.396. The largest absolute Gasteiger partial charge is 0.397 e. The third kappa shape index (κ3) is 2.83. The minimum Gasteiger partial charge on any atom is -0.397 e. The van der Waals surface area contributed by atoms with E-state index in [1.165, 1.54) is 6.34 Å². The molecule has 0 aliphatic heterocycles. The van der Waals surface area contributed by atoms with Gasteiger partial charge < -0.3 is 21.4 Å². The molecule has 0 amide bonds. The van der Waals surface area contributed by atoms with Gasteiger partial charge >= 0.3 is 0 Å². The lowest BCUT2D eigenvalue weighted by molar-refractivity contribution is 0.615. The average molecular weight is 222 g/mol. The van der Waals surface area contributed by atoms with Crippen molar-refractivity contribution in [3.05, 3.63) is 18.6 Å². The van der Waals surface area contributed by atoms with Gasteiger partial charge in [-0.05, 0) is 20.0 Å². The van der Waals surface area contributed by atoms with E-state index >= 15 is 0 Å². The van der Waals surface area contributed by atoms with Crippen molar-refractivity contribution >= 4 is 17.9 Å². The smallest absolute Gasteiger partial charge is 0.163 e. The van der Waals surface area contributed by atoms with Crippen LogP contribution in [0.3, 0.4) is 0 Å². The van der Waals surface area contributed by atoms with Crippen LogP contribution >= 0.6 is 0 Å². The summed E-state index contributed by atoms with van der Waals surface area (Å²) in [5, 5.41) is 3.08. The third-order valence-corrected chi connectivity index (χ3v) is 2.14. The van der Waals surface area contributed by atoms with Crippen molar-refractivity contribution in [1.82, 2.24) is 14.9 Å². The normalized spacial score (nSPS) is 11.1. The van der Waals surface area contributed by atoms with Crippen LogP contribution in [-0.4, -0.2) is 29.5 Å². The number of nitrogens with one attached hydrogen (secondary N) is 1. The summed E-state index contributed by atoms with van der Waals surface area (Å²) in [5.74, 6) is 0.658. The number of imidazole rings is 1. The van der Waals surface area contributed by atoms with Crippen LogP contribution < -0.4 is 16.8 Å². The lowest BCUT2D eigenvalue weighted by Crippen LogP contribution is -2.10. The Kier molecular flexibility index (Phi) is 4.53. The molecule has 0 bridgehead atoms. The number of hydrogen-bond acceptors (Lipinski definition) is 4. The van der Waals surface area contributed by atoms with Crippen LogP contribution in [0.5, 0.6) is 0 Å². The second-order valence-corrected chi connectivity index (χ2v) is 3.37. The first kappa shape index (κ1) is 12.3. The lowest BCUT2D eigenvalue weighted by Gasteiger charge is -2.05. The van der Waals surface area contributed by atoms with Crippen molar-refractivity contribution in [3.63, 3.8) is 0 Å². The van der Waals surface area contributed by atoms with Crippen LogP contribution in [0.4, 0.5) is 5.82 Å². The summed E-state index contributed by atoms with van der Waals surface area (Å²) in [6, 6.07) is 0. The molecule has 0 unspecified atom stereocenters. The molecular formula is C10H18N6. The minimum atomic E-state index is 0.396. The highest BCUT2D eigenvalue weighted by Gasteiger charge is 2.10. The number of nitrogens with two attached hydrogens (primary N) is 2. The van der Waals surface area contributed by atoms with Crippen molar-refractivity contribution in [2.45, 2.75) is 13.0 Å². The Morgan fingerprint density at radius 2 is 2.50 bits per heavy atom. The molecule has 0 spiro atoms. The second kappa shape index (κ2) is 5.92. The van der Waals surface area contributed by atoms with E-state index in [-0.39, 0.29) is 0 Å². The number of aryl methyl sites for hydroxylation is 1. The van der Waals surface area contributed by atoms with Crippen LogP contribution in [0, 0.1) is 0 Å². The molecule has 5 N–H and O–H groups in total. The van der Waals surface area contributed by atoms with Gasteiger partial charge in [-0.15, -0.1) is 0 Å². The highest BCUT2D eigenvalue weighted by Crippen LogP contribution is 2.21. The maximum absolute atomic E-state index is 5.62. The Bertz CT molecular complexity index is 379. The third-order valence-electron chi connectivity index (χ3n) is 2.14. The van der Waals surface area contributed by atoms with Gasteiger partial charge in [-0.2, -0.15) is 0 Å². The van der Waals surface area contributed by atoms with Crippen molar-refractivity contribution in [2.75, 3.05) is 13.6 Å². The maximum atomic E-state index is 5.62. The van der Waals surface area contributed by atoms with E-state index in [4.69, 9.17) is 11.5 Å². The molecule has 6 heteroatoms. The molecule has 0 aliphatic carbocycles. The first-order valence-corrected chi connectivity index (χ1v) is 5.09. The average Bonchev–Trinajstić information content (AvgIpc) is 2.63. The van der Waals surface area contributed by atoms with Gasteiger partial charge in [0.2, 0.25) is 0 Å². The number of rotatable bonds is 6. The van der Waals surface area contributed by atoms with Gasteiger partial charge in [0.05, 0.1) is 18.4 Å². The molecular weight excluding hydrogens is 204 g/mol. The zero-order valence-corrected chi connectivity index (χ0v) is 9.48. The summed E-state index contributed by atoms with van der Waals surface area (Å²) in [4.78, 5) is 8.22. The first-order chi connectivity index (χ1) is 7.70. The Balaban J connectivity index is 2.87. The summed E-state index contributed by atoms with van der Waals surface area (Å²) in [7, 11) is 1.92. The molecule has 1 rings (SSSR count). The molecule has 0 saturated heterocycles. The van der Waals surface area contributed by atoms with Gasteiger partial charge in [0, 0.05) is 6.54 Å². The quantitative estimate of drug-likeness (QED) is 0.360. The second-order valence-electron chi connectivity index (χ2n) is 3.37. The van der Waals surface area contributed by atoms with Crippen LogP contribution in [0.1, 0.15) is 12.1 Å². The van der Waals surface area contributed by atoms with Crippen LogP contribution in [0.2, 0.25) is 0 Å². The zero-order chi connectivity index (χ0) is 12.0. The van der Waals surface area contributed by atoms with E-state index in [0.717, 1.165) is 19.5 Å². The Labute approximate surface area is 95.1 Å². The van der Waals surface area contributed by atoms with Crippen LogP contribution in [-0.2, 0) is 6.54 Å². The molecule has 0 aliphatic rings. The van der Waals surface area contributed by atoms with E-state index in [1.807, 2.05) is 11.6 Å². The monoisotopic (exact) mass is 222 g/mol. The molecule has 88 valence electrons. The topological polar surface area (TPSA) is 94.2 Å². The number of aliphatic imine (C=N–C) groups is 1. The zero-order valence-electron chi connectivity index (χ0n) is 9.48. The SMILES string of the molecule is C=C(N)c1ncn(CCCNC)c1/N=C\N. The van der Waals surface area contributed by atoms with Gasteiger partial charge in [-0.3, -0.25) is 0 Å².